The van der Waals surface area contributed by atoms with Crippen LogP contribution in [0.5, 0.6) is 0 Å². The van der Waals surface area contributed by atoms with Crippen molar-refractivity contribution in [1.82, 2.24) is 5.32 Å². The molecule has 0 bridgehead atoms. The molecule has 3 nitrogen and oxygen atoms in total. The van der Waals surface area contributed by atoms with Gasteiger partial charge in [-0.25, -0.2) is 0 Å². The first kappa shape index (κ1) is 13.7. The highest BCUT2D eigenvalue weighted by Gasteiger charge is 2.19. The molecule has 0 radical (unpaired) electrons. The summed E-state index contributed by atoms with van der Waals surface area (Å²) in [5.74, 6) is -0.832. The van der Waals surface area contributed by atoms with Crippen LogP contribution in [0.15, 0.2) is 24.3 Å². The van der Waals surface area contributed by atoms with Crippen molar-refractivity contribution < 1.29 is 9.90 Å². The third kappa shape index (κ3) is 4.19. The number of aliphatic carboxylic acids is 1. The monoisotopic (exact) mass is 235 g/mol. The van der Waals surface area contributed by atoms with E-state index in [-0.39, 0.29) is 6.04 Å². The van der Waals surface area contributed by atoms with Gasteiger partial charge < -0.3 is 5.11 Å². The summed E-state index contributed by atoms with van der Waals surface area (Å²) in [4.78, 5) is 11.2. The van der Waals surface area contributed by atoms with Crippen LogP contribution in [0, 0.1) is 0 Å². The zero-order valence-electron chi connectivity index (χ0n) is 10.7. The van der Waals surface area contributed by atoms with Gasteiger partial charge in [-0.2, -0.15) is 0 Å². The van der Waals surface area contributed by atoms with Gasteiger partial charge >= 0.3 is 5.97 Å². The van der Waals surface area contributed by atoms with Crippen molar-refractivity contribution in [1.29, 1.82) is 0 Å². The SMILES string of the molecule is CCCc1ccc(C(NC(C)C)C(=O)O)cc1. The zero-order chi connectivity index (χ0) is 12.8. The van der Waals surface area contributed by atoms with Crippen LogP contribution in [0.1, 0.15) is 44.4 Å². The molecular weight excluding hydrogens is 214 g/mol. The highest BCUT2D eigenvalue weighted by molar-refractivity contribution is 5.75. The zero-order valence-corrected chi connectivity index (χ0v) is 10.7. The quantitative estimate of drug-likeness (QED) is 0.797. The largest absolute Gasteiger partial charge is 0.480 e. The minimum Gasteiger partial charge on any atom is -0.480 e. The lowest BCUT2D eigenvalue weighted by Crippen LogP contribution is -2.33. The Labute approximate surface area is 103 Å². The van der Waals surface area contributed by atoms with Gasteiger partial charge in [-0.3, -0.25) is 10.1 Å². The van der Waals surface area contributed by atoms with E-state index >= 15 is 0 Å². The molecule has 0 amide bonds. The minimum atomic E-state index is -0.832. The number of rotatable bonds is 6. The molecule has 94 valence electrons. The van der Waals surface area contributed by atoms with Crippen LogP contribution in [-0.4, -0.2) is 17.1 Å². The number of hydrogen-bond donors (Lipinski definition) is 2. The van der Waals surface area contributed by atoms with Crippen molar-refractivity contribution in [3.63, 3.8) is 0 Å². The summed E-state index contributed by atoms with van der Waals surface area (Å²) in [7, 11) is 0. The van der Waals surface area contributed by atoms with E-state index < -0.39 is 12.0 Å². The van der Waals surface area contributed by atoms with Crippen molar-refractivity contribution in [2.45, 2.75) is 45.7 Å². The number of nitrogens with one attached hydrogen (secondary N) is 1. The fourth-order valence-corrected chi connectivity index (χ4v) is 1.81. The van der Waals surface area contributed by atoms with Gasteiger partial charge in [-0.05, 0) is 31.4 Å². The lowest BCUT2D eigenvalue weighted by molar-refractivity contribution is -0.139. The summed E-state index contributed by atoms with van der Waals surface area (Å²) < 4.78 is 0. The maximum Gasteiger partial charge on any atom is 0.325 e. The highest BCUT2D eigenvalue weighted by atomic mass is 16.4. The molecule has 1 aromatic rings. The number of benzene rings is 1. The lowest BCUT2D eigenvalue weighted by atomic mass is 10.0. The third-order valence-electron chi connectivity index (χ3n) is 2.60. The van der Waals surface area contributed by atoms with E-state index in [4.69, 9.17) is 0 Å². The first-order chi connectivity index (χ1) is 8.04. The molecule has 2 N–H and O–H groups in total. The Balaban J connectivity index is 2.83. The van der Waals surface area contributed by atoms with E-state index in [2.05, 4.69) is 12.2 Å². The molecule has 0 spiro atoms. The molecule has 1 aromatic carbocycles. The molecule has 0 aromatic heterocycles. The molecule has 1 unspecified atom stereocenters. The molecule has 17 heavy (non-hydrogen) atoms. The first-order valence-electron chi connectivity index (χ1n) is 6.12. The molecule has 0 aliphatic heterocycles. The molecule has 3 heteroatoms. The van der Waals surface area contributed by atoms with E-state index in [0.717, 1.165) is 18.4 Å². The highest BCUT2D eigenvalue weighted by Crippen LogP contribution is 2.16. The standard InChI is InChI=1S/C14H21NO2/c1-4-5-11-6-8-12(9-7-11)13(14(16)17)15-10(2)3/h6-10,13,15H,4-5H2,1-3H3,(H,16,17). The lowest BCUT2D eigenvalue weighted by Gasteiger charge is -2.17. The molecule has 0 saturated heterocycles. The average molecular weight is 235 g/mol. The van der Waals surface area contributed by atoms with E-state index in [1.165, 1.54) is 5.56 Å². The predicted octanol–water partition coefficient (Wildman–Crippen LogP) is 2.76. The van der Waals surface area contributed by atoms with Crippen LogP contribution in [0.4, 0.5) is 0 Å². The van der Waals surface area contributed by atoms with Gasteiger partial charge in [0.1, 0.15) is 6.04 Å². The van der Waals surface area contributed by atoms with Crippen molar-refractivity contribution in [3.05, 3.63) is 35.4 Å². The molecule has 0 saturated carbocycles. The summed E-state index contributed by atoms with van der Waals surface area (Å²) >= 11 is 0. The van der Waals surface area contributed by atoms with Gasteiger partial charge in [0.15, 0.2) is 0 Å². The van der Waals surface area contributed by atoms with E-state index in [9.17, 15) is 9.90 Å². The topological polar surface area (TPSA) is 49.3 Å². The van der Waals surface area contributed by atoms with E-state index in [1.807, 2.05) is 38.1 Å². The molecule has 1 atom stereocenters. The van der Waals surface area contributed by atoms with Crippen molar-refractivity contribution >= 4 is 5.97 Å². The Morgan fingerprint density at radius 2 is 1.88 bits per heavy atom. The summed E-state index contributed by atoms with van der Waals surface area (Å²) in [5, 5.41) is 12.2. The second-order valence-electron chi connectivity index (χ2n) is 4.58. The summed E-state index contributed by atoms with van der Waals surface area (Å²) in [6.07, 6.45) is 2.14. The maximum atomic E-state index is 11.2. The van der Waals surface area contributed by atoms with Crippen LogP contribution in [0.2, 0.25) is 0 Å². The Morgan fingerprint density at radius 1 is 1.29 bits per heavy atom. The number of carboxylic acids is 1. The van der Waals surface area contributed by atoms with Crippen LogP contribution >= 0.6 is 0 Å². The fraction of sp³-hybridized carbons (Fsp3) is 0.500. The van der Waals surface area contributed by atoms with Crippen LogP contribution in [0.3, 0.4) is 0 Å². The van der Waals surface area contributed by atoms with Crippen molar-refractivity contribution in [2.24, 2.45) is 0 Å². The van der Waals surface area contributed by atoms with Crippen LogP contribution in [-0.2, 0) is 11.2 Å². The van der Waals surface area contributed by atoms with Crippen molar-refractivity contribution in [3.8, 4) is 0 Å². The maximum absolute atomic E-state index is 11.2. The minimum absolute atomic E-state index is 0.145. The summed E-state index contributed by atoms with van der Waals surface area (Å²) in [6, 6.07) is 7.35. The van der Waals surface area contributed by atoms with Gasteiger partial charge in [0.05, 0.1) is 0 Å². The molecular formula is C14H21NO2. The Hall–Kier alpha value is -1.35. The van der Waals surface area contributed by atoms with Gasteiger partial charge in [-0.15, -0.1) is 0 Å². The number of carboxylic acid groups (broad SMARTS) is 1. The summed E-state index contributed by atoms with van der Waals surface area (Å²) in [6.45, 7) is 6.02. The van der Waals surface area contributed by atoms with Crippen LogP contribution < -0.4 is 5.32 Å². The molecule has 0 aliphatic carbocycles. The first-order valence-corrected chi connectivity index (χ1v) is 6.12. The van der Waals surface area contributed by atoms with Gasteiger partial charge in [-0.1, -0.05) is 37.6 Å². The smallest absolute Gasteiger partial charge is 0.325 e. The molecule has 0 fully saturated rings. The third-order valence-corrected chi connectivity index (χ3v) is 2.60. The van der Waals surface area contributed by atoms with E-state index in [1.54, 1.807) is 0 Å². The number of hydrogen-bond acceptors (Lipinski definition) is 2. The van der Waals surface area contributed by atoms with Crippen molar-refractivity contribution in [2.75, 3.05) is 0 Å². The Bertz CT molecular complexity index is 357. The Morgan fingerprint density at radius 3 is 2.29 bits per heavy atom. The second-order valence-corrected chi connectivity index (χ2v) is 4.58. The molecule has 0 heterocycles. The second kappa shape index (κ2) is 6.40. The average Bonchev–Trinajstić information content (AvgIpc) is 2.27. The molecule has 0 aliphatic rings. The van der Waals surface area contributed by atoms with Crippen LogP contribution in [0.25, 0.3) is 0 Å². The number of aryl methyl sites for hydroxylation is 1. The number of carbonyl (C=O) groups is 1. The normalized spacial score (nSPS) is 12.7. The van der Waals surface area contributed by atoms with Gasteiger partial charge in [0.2, 0.25) is 0 Å². The predicted molar refractivity (Wildman–Crippen MR) is 69.1 cm³/mol. The Kier molecular flexibility index (Phi) is 5.16. The van der Waals surface area contributed by atoms with E-state index in [0.29, 0.717) is 0 Å². The fourth-order valence-electron chi connectivity index (χ4n) is 1.81. The summed E-state index contributed by atoms with van der Waals surface area (Å²) in [5.41, 5.74) is 2.07. The van der Waals surface area contributed by atoms with Gasteiger partial charge in [0.25, 0.3) is 0 Å². The molecule has 1 rings (SSSR count). The van der Waals surface area contributed by atoms with Gasteiger partial charge in [0, 0.05) is 6.04 Å².